The Labute approximate surface area is 213 Å². The van der Waals surface area contributed by atoms with Crippen molar-refractivity contribution >= 4 is 5.91 Å². The fraction of sp³-hybridized carbons (Fsp3) is 0.296. The molecule has 2 atom stereocenters. The van der Waals surface area contributed by atoms with Crippen molar-refractivity contribution in [3.63, 3.8) is 0 Å². The third-order valence-corrected chi connectivity index (χ3v) is 6.44. The molecule has 2 N–H and O–H groups in total. The summed E-state index contributed by atoms with van der Waals surface area (Å²) in [6.07, 6.45) is -6.00. The van der Waals surface area contributed by atoms with Crippen LogP contribution in [0.25, 0.3) is 0 Å². The van der Waals surface area contributed by atoms with Gasteiger partial charge < -0.3 is 10.1 Å². The van der Waals surface area contributed by atoms with Gasteiger partial charge in [0.1, 0.15) is 5.82 Å². The zero-order valence-corrected chi connectivity index (χ0v) is 20.0. The largest absolute Gasteiger partial charge is 0.494 e. The molecule has 0 spiro atoms. The van der Waals surface area contributed by atoms with Gasteiger partial charge in [-0.3, -0.25) is 10.1 Å². The molecular weight excluding hydrogens is 517 g/mol. The number of benzene rings is 3. The summed E-state index contributed by atoms with van der Waals surface area (Å²) in [7, 11) is 1.17. The highest BCUT2D eigenvalue weighted by molar-refractivity contribution is 5.84. The summed E-state index contributed by atoms with van der Waals surface area (Å²) in [5.41, 5.74) is -3.02. The predicted octanol–water partition coefficient (Wildman–Crippen LogP) is 5.59. The Balaban J connectivity index is 1.97. The molecule has 4 nitrogen and oxygen atoms in total. The molecule has 3 aromatic rings. The van der Waals surface area contributed by atoms with Crippen LogP contribution in [0, 0.1) is 11.6 Å². The number of amides is 1. The normalized spacial score (nSPS) is 18.6. The second kappa shape index (κ2) is 10.3. The van der Waals surface area contributed by atoms with Gasteiger partial charge in [0.2, 0.25) is 5.91 Å². The first-order valence-corrected chi connectivity index (χ1v) is 11.5. The first-order valence-electron chi connectivity index (χ1n) is 11.5. The number of rotatable bonds is 7. The van der Waals surface area contributed by atoms with Gasteiger partial charge in [-0.2, -0.15) is 13.2 Å². The second-order valence-corrected chi connectivity index (χ2v) is 9.13. The molecule has 11 heteroatoms. The van der Waals surface area contributed by atoms with Gasteiger partial charge in [-0.15, -0.1) is 0 Å². The molecule has 0 aromatic heterocycles. The maximum absolute atomic E-state index is 14.7. The minimum Gasteiger partial charge on any atom is -0.494 e. The van der Waals surface area contributed by atoms with E-state index in [0.29, 0.717) is 17.7 Å². The molecular formula is C27H23F7N2O2. The van der Waals surface area contributed by atoms with Crippen molar-refractivity contribution in [1.29, 1.82) is 0 Å². The number of carbonyl (C=O) groups is 1. The molecule has 1 fully saturated rings. The zero-order valence-electron chi connectivity index (χ0n) is 20.0. The topological polar surface area (TPSA) is 50.4 Å². The highest BCUT2D eigenvalue weighted by atomic mass is 19.4. The molecule has 0 aliphatic carbocycles. The summed E-state index contributed by atoms with van der Waals surface area (Å²) >= 11 is 0. The number of hydrogen-bond acceptors (Lipinski definition) is 3. The van der Waals surface area contributed by atoms with Gasteiger partial charge in [0.25, 0.3) is 5.92 Å². The molecule has 0 bridgehead atoms. The molecule has 1 saturated heterocycles. The minimum atomic E-state index is -4.94. The van der Waals surface area contributed by atoms with Gasteiger partial charge in [-0.05, 0) is 47.0 Å². The van der Waals surface area contributed by atoms with Crippen LogP contribution in [0.15, 0.2) is 66.7 Å². The standard InChI is InChI=1S/C27H23F7N2O2/c1-38-23-12-17(7-8-21(23)29)26(13-16-5-3-2-4-6-16,36-24(37)22-14-25(30,31)15-35-22)18-9-19(27(32,33)34)11-20(28)10-18/h2-12,22,35H,13-15H2,1H3,(H,36,37)/t22?,26-/m1/s1. The Morgan fingerprint density at radius 2 is 1.68 bits per heavy atom. The van der Waals surface area contributed by atoms with Crippen LogP contribution in [-0.4, -0.2) is 31.5 Å². The average molecular weight is 540 g/mol. The van der Waals surface area contributed by atoms with E-state index in [-0.39, 0.29) is 23.3 Å². The summed E-state index contributed by atoms with van der Waals surface area (Å²) in [5, 5.41) is 5.04. The van der Waals surface area contributed by atoms with Gasteiger partial charge in [-0.25, -0.2) is 17.6 Å². The van der Waals surface area contributed by atoms with Crippen molar-refractivity contribution in [2.75, 3.05) is 13.7 Å². The molecule has 202 valence electrons. The maximum atomic E-state index is 14.7. The van der Waals surface area contributed by atoms with Gasteiger partial charge in [0.15, 0.2) is 11.6 Å². The summed E-state index contributed by atoms with van der Waals surface area (Å²) in [6, 6.07) is 12.1. The number of hydrogen-bond donors (Lipinski definition) is 2. The third-order valence-electron chi connectivity index (χ3n) is 6.44. The lowest BCUT2D eigenvalue weighted by Gasteiger charge is -2.38. The summed E-state index contributed by atoms with van der Waals surface area (Å²) in [6.45, 7) is -0.765. The number of alkyl halides is 5. The Morgan fingerprint density at radius 1 is 1.00 bits per heavy atom. The summed E-state index contributed by atoms with van der Waals surface area (Å²) in [4.78, 5) is 13.3. The Bertz CT molecular complexity index is 1310. The van der Waals surface area contributed by atoms with Gasteiger partial charge >= 0.3 is 6.18 Å². The van der Waals surface area contributed by atoms with Crippen LogP contribution in [0.2, 0.25) is 0 Å². The van der Waals surface area contributed by atoms with E-state index in [1.165, 1.54) is 19.2 Å². The van der Waals surface area contributed by atoms with E-state index in [1.807, 2.05) is 0 Å². The quantitative estimate of drug-likeness (QED) is 0.384. The third kappa shape index (κ3) is 5.77. The molecule has 1 aliphatic rings. The molecule has 1 amide bonds. The average Bonchev–Trinajstić information content (AvgIpc) is 3.23. The van der Waals surface area contributed by atoms with Crippen molar-refractivity contribution in [3.05, 3.63) is 101 Å². The molecule has 0 radical (unpaired) electrons. The fourth-order valence-electron chi connectivity index (χ4n) is 4.58. The fourth-order valence-corrected chi connectivity index (χ4v) is 4.58. The molecule has 3 aromatic carbocycles. The van der Waals surface area contributed by atoms with Crippen LogP contribution in [0.1, 0.15) is 28.7 Å². The van der Waals surface area contributed by atoms with Crippen LogP contribution in [0.3, 0.4) is 0 Å². The SMILES string of the molecule is COc1cc([C@@](Cc2ccccc2)(NC(=O)C2CC(F)(F)CN2)c2cc(F)cc(C(F)(F)F)c2)ccc1F. The first-order chi connectivity index (χ1) is 17.8. The molecule has 1 heterocycles. The Hall–Kier alpha value is -3.60. The van der Waals surface area contributed by atoms with Crippen molar-refractivity contribution in [2.24, 2.45) is 0 Å². The first kappa shape index (κ1) is 27.4. The highest BCUT2D eigenvalue weighted by Crippen LogP contribution is 2.40. The summed E-state index contributed by atoms with van der Waals surface area (Å²) < 4.78 is 103. The van der Waals surface area contributed by atoms with Crippen LogP contribution >= 0.6 is 0 Å². The van der Waals surface area contributed by atoms with Gasteiger partial charge in [0, 0.05) is 12.8 Å². The van der Waals surface area contributed by atoms with Gasteiger partial charge in [0.05, 0.1) is 30.8 Å². The van der Waals surface area contributed by atoms with Crippen LogP contribution < -0.4 is 15.4 Å². The number of halogens is 7. The lowest BCUT2D eigenvalue weighted by Crippen LogP contribution is -2.53. The monoisotopic (exact) mass is 540 g/mol. The minimum absolute atomic E-state index is 0.0523. The molecule has 1 unspecified atom stereocenters. The van der Waals surface area contributed by atoms with E-state index >= 15 is 0 Å². The van der Waals surface area contributed by atoms with Crippen molar-refractivity contribution in [3.8, 4) is 5.75 Å². The highest BCUT2D eigenvalue weighted by Gasteiger charge is 2.46. The van der Waals surface area contributed by atoms with E-state index in [2.05, 4.69) is 10.6 Å². The molecule has 0 saturated carbocycles. The van der Waals surface area contributed by atoms with E-state index in [4.69, 9.17) is 4.74 Å². The number of ether oxygens (including phenoxy) is 1. The van der Waals surface area contributed by atoms with Crippen LogP contribution in [-0.2, 0) is 22.9 Å². The van der Waals surface area contributed by atoms with E-state index < -0.39 is 59.8 Å². The van der Waals surface area contributed by atoms with E-state index in [1.54, 1.807) is 30.3 Å². The Kier molecular flexibility index (Phi) is 7.42. The lowest BCUT2D eigenvalue weighted by molar-refractivity contribution is -0.137. The molecule has 4 rings (SSSR count). The van der Waals surface area contributed by atoms with Gasteiger partial charge in [-0.1, -0.05) is 36.4 Å². The molecule has 38 heavy (non-hydrogen) atoms. The number of carbonyl (C=O) groups excluding carboxylic acids is 1. The predicted molar refractivity (Wildman–Crippen MR) is 125 cm³/mol. The van der Waals surface area contributed by atoms with Crippen molar-refractivity contribution < 1.29 is 40.3 Å². The number of nitrogens with one attached hydrogen (secondary N) is 2. The van der Waals surface area contributed by atoms with E-state index in [0.717, 1.165) is 12.1 Å². The maximum Gasteiger partial charge on any atom is 0.416 e. The lowest BCUT2D eigenvalue weighted by atomic mass is 9.77. The van der Waals surface area contributed by atoms with Crippen molar-refractivity contribution in [2.45, 2.75) is 36.5 Å². The molecule has 1 aliphatic heterocycles. The second-order valence-electron chi connectivity index (χ2n) is 9.13. The van der Waals surface area contributed by atoms with Crippen molar-refractivity contribution in [1.82, 2.24) is 10.6 Å². The number of methoxy groups -OCH3 is 1. The van der Waals surface area contributed by atoms with E-state index in [9.17, 15) is 35.5 Å². The van der Waals surface area contributed by atoms with Crippen LogP contribution in [0.5, 0.6) is 5.75 Å². The zero-order chi connectivity index (χ0) is 27.7. The van der Waals surface area contributed by atoms with Crippen LogP contribution in [0.4, 0.5) is 30.7 Å². The summed E-state index contributed by atoms with van der Waals surface area (Å²) in [5.74, 6) is -6.43. The Morgan fingerprint density at radius 3 is 2.29 bits per heavy atom. The smallest absolute Gasteiger partial charge is 0.416 e.